The lowest BCUT2D eigenvalue weighted by atomic mass is 9.81. The van der Waals surface area contributed by atoms with Crippen molar-refractivity contribution in [1.29, 1.82) is 0 Å². The third-order valence-corrected chi connectivity index (χ3v) is 5.51. The van der Waals surface area contributed by atoms with E-state index < -0.39 is 0 Å². The summed E-state index contributed by atoms with van der Waals surface area (Å²) < 4.78 is 5.95. The summed E-state index contributed by atoms with van der Waals surface area (Å²) in [5.74, 6) is 0. The number of hydrogen-bond donors (Lipinski definition) is 1. The molecule has 2 rings (SSSR count). The Balaban J connectivity index is 2.10. The Morgan fingerprint density at radius 3 is 2.65 bits per heavy atom. The minimum atomic E-state index is 0.163. The third kappa shape index (κ3) is 3.19. The summed E-state index contributed by atoms with van der Waals surface area (Å²) >= 11 is 0. The van der Waals surface area contributed by atoms with E-state index in [1.54, 1.807) is 0 Å². The van der Waals surface area contributed by atoms with Gasteiger partial charge in [-0.1, -0.05) is 13.3 Å². The first-order valence-electron chi connectivity index (χ1n) is 8.21. The van der Waals surface area contributed by atoms with Crippen LogP contribution < -0.4 is 5.73 Å². The molecule has 0 amide bonds. The van der Waals surface area contributed by atoms with Crippen molar-refractivity contribution >= 4 is 0 Å². The van der Waals surface area contributed by atoms with E-state index in [0.29, 0.717) is 6.10 Å². The van der Waals surface area contributed by atoms with Gasteiger partial charge in [-0.15, -0.1) is 0 Å². The standard InChI is InChI=1S/C16H33N3O/c1-5-6-14-11-16(12-17,7-10-20-14)19-9-8-18(4)15(2,3)13-19/h14H,5-13,17H2,1-4H3. The van der Waals surface area contributed by atoms with E-state index in [2.05, 4.69) is 37.6 Å². The lowest BCUT2D eigenvalue weighted by Gasteiger charge is -2.55. The fourth-order valence-electron chi connectivity index (χ4n) is 3.75. The molecule has 20 heavy (non-hydrogen) atoms. The minimum Gasteiger partial charge on any atom is -0.378 e. The van der Waals surface area contributed by atoms with Crippen molar-refractivity contribution < 1.29 is 4.74 Å². The maximum absolute atomic E-state index is 6.24. The second kappa shape index (κ2) is 6.30. The largest absolute Gasteiger partial charge is 0.378 e. The molecule has 2 saturated heterocycles. The highest BCUT2D eigenvalue weighted by molar-refractivity contribution is 5.01. The number of nitrogens with two attached hydrogens (primary N) is 1. The summed E-state index contributed by atoms with van der Waals surface area (Å²) in [6.07, 6.45) is 4.96. The highest BCUT2D eigenvalue weighted by atomic mass is 16.5. The van der Waals surface area contributed by atoms with E-state index >= 15 is 0 Å². The van der Waals surface area contributed by atoms with Crippen LogP contribution in [-0.2, 0) is 4.74 Å². The first-order chi connectivity index (χ1) is 9.43. The van der Waals surface area contributed by atoms with Gasteiger partial charge < -0.3 is 10.5 Å². The highest BCUT2D eigenvalue weighted by Crippen LogP contribution is 2.35. The van der Waals surface area contributed by atoms with Gasteiger partial charge in [-0.3, -0.25) is 9.80 Å². The van der Waals surface area contributed by atoms with Gasteiger partial charge >= 0.3 is 0 Å². The van der Waals surface area contributed by atoms with E-state index in [-0.39, 0.29) is 11.1 Å². The SMILES string of the molecule is CCCC1CC(CN)(N2CCN(C)C(C)(C)C2)CCO1. The Labute approximate surface area is 124 Å². The first kappa shape index (κ1) is 16.2. The van der Waals surface area contributed by atoms with Crippen LogP contribution in [0, 0.1) is 0 Å². The summed E-state index contributed by atoms with van der Waals surface area (Å²) in [5.41, 5.74) is 6.64. The molecule has 2 unspecified atom stereocenters. The molecule has 0 saturated carbocycles. The van der Waals surface area contributed by atoms with Crippen LogP contribution in [0.25, 0.3) is 0 Å². The molecule has 4 heteroatoms. The molecule has 2 aliphatic rings. The Hall–Kier alpha value is -0.160. The molecule has 118 valence electrons. The van der Waals surface area contributed by atoms with Gasteiger partial charge in [-0.25, -0.2) is 0 Å². The predicted molar refractivity (Wildman–Crippen MR) is 83.9 cm³/mol. The van der Waals surface area contributed by atoms with Crippen molar-refractivity contribution in [2.75, 3.05) is 39.8 Å². The molecule has 0 aromatic heterocycles. The average molecular weight is 283 g/mol. The molecule has 2 aliphatic heterocycles. The zero-order chi connectivity index (χ0) is 14.8. The fraction of sp³-hybridized carbons (Fsp3) is 1.00. The van der Waals surface area contributed by atoms with Crippen molar-refractivity contribution in [3.8, 4) is 0 Å². The van der Waals surface area contributed by atoms with Gasteiger partial charge in [0.15, 0.2) is 0 Å². The molecule has 2 heterocycles. The monoisotopic (exact) mass is 283 g/mol. The maximum atomic E-state index is 6.24. The maximum Gasteiger partial charge on any atom is 0.0593 e. The fourth-order valence-corrected chi connectivity index (χ4v) is 3.75. The van der Waals surface area contributed by atoms with Crippen molar-refractivity contribution in [1.82, 2.24) is 9.80 Å². The van der Waals surface area contributed by atoms with Gasteiger partial charge in [-0.2, -0.15) is 0 Å². The topological polar surface area (TPSA) is 41.7 Å². The second-order valence-corrected chi connectivity index (χ2v) is 7.32. The lowest BCUT2D eigenvalue weighted by Crippen LogP contribution is -2.67. The van der Waals surface area contributed by atoms with Gasteiger partial charge in [0.2, 0.25) is 0 Å². The summed E-state index contributed by atoms with van der Waals surface area (Å²) in [4.78, 5) is 5.13. The van der Waals surface area contributed by atoms with Gasteiger partial charge in [0, 0.05) is 43.9 Å². The second-order valence-electron chi connectivity index (χ2n) is 7.32. The molecule has 0 spiro atoms. The Kier molecular flexibility index (Phi) is 5.11. The van der Waals surface area contributed by atoms with Crippen LogP contribution in [0.1, 0.15) is 46.5 Å². The molecular formula is C16H33N3O. The molecule has 2 atom stereocenters. The van der Waals surface area contributed by atoms with Crippen molar-refractivity contribution in [3.05, 3.63) is 0 Å². The van der Waals surface area contributed by atoms with Crippen molar-refractivity contribution in [2.24, 2.45) is 5.73 Å². The summed E-state index contributed by atoms with van der Waals surface area (Å²) in [6, 6.07) is 0. The number of hydrogen-bond acceptors (Lipinski definition) is 4. The molecule has 0 radical (unpaired) electrons. The van der Waals surface area contributed by atoms with Crippen LogP contribution in [0.5, 0.6) is 0 Å². The number of nitrogens with zero attached hydrogens (tertiary/aromatic N) is 2. The molecular weight excluding hydrogens is 250 g/mol. The van der Waals surface area contributed by atoms with E-state index in [1.807, 2.05) is 0 Å². The minimum absolute atomic E-state index is 0.163. The predicted octanol–water partition coefficient (Wildman–Crippen LogP) is 1.69. The van der Waals surface area contributed by atoms with Gasteiger partial charge in [-0.05, 0) is 40.2 Å². The number of ether oxygens (including phenoxy) is 1. The molecule has 0 aromatic carbocycles. The lowest BCUT2D eigenvalue weighted by molar-refractivity contribution is -0.100. The Bertz CT molecular complexity index is 319. The van der Waals surface area contributed by atoms with Crippen molar-refractivity contribution in [2.45, 2.75) is 63.6 Å². The van der Waals surface area contributed by atoms with Crippen LogP contribution in [0.3, 0.4) is 0 Å². The smallest absolute Gasteiger partial charge is 0.0593 e. The van der Waals surface area contributed by atoms with E-state index in [1.165, 1.54) is 12.8 Å². The summed E-state index contributed by atoms with van der Waals surface area (Å²) in [6.45, 7) is 11.9. The zero-order valence-corrected chi connectivity index (χ0v) is 13.8. The average Bonchev–Trinajstić information content (AvgIpc) is 2.42. The van der Waals surface area contributed by atoms with Crippen LogP contribution in [0.4, 0.5) is 0 Å². The molecule has 0 aliphatic carbocycles. The number of rotatable bonds is 4. The van der Waals surface area contributed by atoms with E-state index in [4.69, 9.17) is 10.5 Å². The third-order valence-electron chi connectivity index (χ3n) is 5.51. The van der Waals surface area contributed by atoms with E-state index in [0.717, 1.165) is 45.6 Å². The molecule has 2 N–H and O–H groups in total. The van der Waals surface area contributed by atoms with Crippen molar-refractivity contribution in [3.63, 3.8) is 0 Å². The summed E-state index contributed by atoms with van der Waals surface area (Å²) in [7, 11) is 2.23. The van der Waals surface area contributed by atoms with Crippen LogP contribution in [0.2, 0.25) is 0 Å². The Morgan fingerprint density at radius 1 is 1.30 bits per heavy atom. The normalized spacial score (nSPS) is 36.1. The molecule has 4 nitrogen and oxygen atoms in total. The molecule has 2 fully saturated rings. The summed E-state index contributed by atoms with van der Waals surface area (Å²) in [5, 5.41) is 0. The van der Waals surface area contributed by atoms with Gasteiger partial charge in [0.25, 0.3) is 0 Å². The quantitative estimate of drug-likeness (QED) is 0.852. The van der Waals surface area contributed by atoms with Gasteiger partial charge in [0.05, 0.1) is 6.10 Å². The molecule has 0 aromatic rings. The number of likely N-dealkylation sites (N-methyl/N-ethyl adjacent to an activating group) is 1. The van der Waals surface area contributed by atoms with E-state index in [9.17, 15) is 0 Å². The molecule has 0 bridgehead atoms. The zero-order valence-electron chi connectivity index (χ0n) is 13.8. The van der Waals surface area contributed by atoms with Gasteiger partial charge in [0.1, 0.15) is 0 Å². The van der Waals surface area contributed by atoms with Crippen LogP contribution in [-0.4, -0.2) is 66.8 Å². The number of piperazine rings is 1. The first-order valence-corrected chi connectivity index (χ1v) is 8.21. The Morgan fingerprint density at radius 2 is 2.05 bits per heavy atom. The van der Waals surface area contributed by atoms with Crippen LogP contribution in [0.15, 0.2) is 0 Å². The van der Waals surface area contributed by atoms with Crippen LogP contribution >= 0.6 is 0 Å². The highest BCUT2D eigenvalue weighted by Gasteiger charge is 2.44.